The second-order valence-electron chi connectivity index (χ2n) is 5.10. The average molecular weight is 318 g/mol. The number of carbonyl (C=O) groups is 1. The first-order valence-corrected chi connectivity index (χ1v) is 8.01. The molecule has 1 fully saturated rings. The van der Waals surface area contributed by atoms with E-state index in [9.17, 15) is 4.79 Å². The van der Waals surface area contributed by atoms with Gasteiger partial charge in [0.15, 0.2) is 0 Å². The zero-order valence-electron chi connectivity index (χ0n) is 12.6. The Morgan fingerprint density at radius 2 is 2.32 bits per heavy atom. The van der Waals surface area contributed by atoms with E-state index in [2.05, 4.69) is 15.3 Å². The number of anilines is 1. The maximum atomic E-state index is 12.6. The fourth-order valence-electron chi connectivity index (χ4n) is 2.41. The summed E-state index contributed by atoms with van der Waals surface area (Å²) < 4.78 is 5.78. The Labute approximate surface area is 133 Å². The van der Waals surface area contributed by atoms with E-state index in [4.69, 9.17) is 4.74 Å². The maximum absolute atomic E-state index is 12.6. The average Bonchev–Trinajstić information content (AvgIpc) is 3.00. The molecule has 0 saturated carbocycles. The number of nitrogens with one attached hydrogen (secondary N) is 1. The summed E-state index contributed by atoms with van der Waals surface area (Å²) in [5.74, 6) is 0.0279. The third-order valence-electron chi connectivity index (χ3n) is 3.70. The lowest BCUT2D eigenvalue weighted by Gasteiger charge is -2.32. The molecule has 0 radical (unpaired) electrons. The number of aryl methyl sites for hydroxylation is 1. The SMILES string of the molecule is CNc1ccc(C2CN(C(=O)c3scnc3C)CCO2)nc1. The van der Waals surface area contributed by atoms with Crippen LogP contribution in [0, 0.1) is 6.92 Å². The van der Waals surface area contributed by atoms with Crippen molar-refractivity contribution in [3.8, 4) is 0 Å². The minimum Gasteiger partial charge on any atom is -0.387 e. The summed E-state index contributed by atoms with van der Waals surface area (Å²) >= 11 is 1.39. The number of pyridine rings is 1. The lowest BCUT2D eigenvalue weighted by molar-refractivity contribution is -0.0245. The Kier molecular flexibility index (Phi) is 4.35. The molecule has 3 heterocycles. The van der Waals surface area contributed by atoms with Gasteiger partial charge in [-0.2, -0.15) is 0 Å². The van der Waals surface area contributed by atoms with Gasteiger partial charge in [0, 0.05) is 13.6 Å². The molecule has 1 aliphatic heterocycles. The Bertz CT molecular complexity index is 656. The topological polar surface area (TPSA) is 67.4 Å². The number of thiazole rings is 1. The lowest BCUT2D eigenvalue weighted by Crippen LogP contribution is -2.42. The van der Waals surface area contributed by atoms with E-state index in [1.807, 2.05) is 31.0 Å². The van der Waals surface area contributed by atoms with Crippen molar-refractivity contribution in [2.75, 3.05) is 32.1 Å². The number of morpholine rings is 1. The molecule has 1 unspecified atom stereocenters. The zero-order chi connectivity index (χ0) is 15.5. The van der Waals surface area contributed by atoms with Crippen LogP contribution in [0.15, 0.2) is 23.8 Å². The number of rotatable bonds is 3. The Hall–Kier alpha value is -1.99. The van der Waals surface area contributed by atoms with Gasteiger partial charge in [-0.05, 0) is 19.1 Å². The summed E-state index contributed by atoms with van der Waals surface area (Å²) in [6.07, 6.45) is 1.59. The van der Waals surface area contributed by atoms with Gasteiger partial charge in [0.2, 0.25) is 0 Å². The van der Waals surface area contributed by atoms with Crippen LogP contribution in [-0.2, 0) is 4.74 Å². The smallest absolute Gasteiger partial charge is 0.266 e. The van der Waals surface area contributed by atoms with Crippen molar-refractivity contribution in [1.82, 2.24) is 14.9 Å². The van der Waals surface area contributed by atoms with Gasteiger partial charge < -0.3 is 15.0 Å². The summed E-state index contributed by atoms with van der Waals surface area (Å²) in [6.45, 7) is 3.49. The fourth-order valence-corrected chi connectivity index (χ4v) is 3.18. The second-order valence-corrected chi connectivity index (χ2v) is 5.95. The first-order chi connectivity index (χ1) is 10.7. The molecule has 3 rings (SSSR count). The summed E-state index contributed by atoms with van der Waals surface area (Å²) in [7, 11) is 1.85. The van der Waals surface area contributed by atoms with Gasteiger partial charge in [-0.25, -0.2) is 4.98 Å². The molecule has 2 aromatic rings. The highest BCUT2D eigenvalue weighted by Gasteiger charge is 2.28. The van der Waals surface area contributed by atoms with E-state index in [1.165, 1.54) is 11.3 Å². The van der Waals surface area contributed by atoms with Gasteiger partial charge in [-0.1, -0.05) is 0 Å². The van der Waals surface area contributed by atoms with Crippen LogP contribution in [0.4, 0.5) is 5.69 Å². The number of carbonyl (C=O) groups excluding carboxylic acids is 1. The first-order valence-electron chi connectivity index (χ1n) is 7.13. The summed E-state index contributed by atoms with van der Waals surface area (Å²) in [4.78, 5) is 23.7. The molecule has 1 atom stereocenters. The lowest BCUT2D eigenvalue weighted by atomic mass is 10.1. The molecule has 1 amide bonds. The fraction of sp³-hybridized carbons (Fsp3) is 0.400. The van der Waals surface area contributed by atoms with Crippen LogP contribution >= 0.6 is 11.3 Å². The molecule has 2 aromatic heterocycles. The van der Waals surface area contributed by atoms with E-state index in [1.54, 1.807) is 11.7 Å². The van der Waals surface area contributed by atoms with Gasteiger partial charge in [-0.15, -0.1) is 11.3 Å². The predicted octanol–water partition coefficient (Wildman–Crippen LogP) is 2.10. The largest absolute Gasteiger partial charge is 0.387 e. The van der Waals surface area contributed by atoms with Crippen LogP contribution in [0.5, 0.6) is 0 Å². The van der Waals surface area contributed by atoms with E-state index in [-0.39, 0.29) is 12.0 Å². The predicted molar refractivity (Wildman–Crippen MR) is 85.2 cm³/mol. The zero-order valence-corrected chi connectivity index (χ0v) is 13.4. The number of hydrogen-bond acceptors (Lipinski definition) is 6. The molecular formula is C15H18N4O2S. The summed E-state index contributed by atoms with van der Waals surface area (Å²) in [6, 6.07) is 3.89. The van der Waals surface area contributed by atoms with E-state index in [0.29, 0.717) is 24.6 Å². The van der Waals surface area contributed by atoms with Crippen molar-refractivity contribution >= 4 is 22.9 Å². The highest BCUT2D eigenvalue weighted by molar-refractivity contribution is 7.11. The van der Waals surface area contributed by atoms with Crippen LogP contribution in [0.25, 0.3) is 0 Å². The normalized spacial score (nSPS) is 18.3. The van der Waals surface area contributed by atoms with E-state index in [0.717, 1.165) is 17.1 Å². The molecule has 6 nitrogen and oxygen atoms in total. The quantitative estimate of drug-likeness (QED) is 0.939. The van der Waals surface area contributed by atoms with Crippen molar-refractivity contribution in [2.45, 2.75) is 13.0 Å². The van der Waals surface area contributed by atoms with Crippen LogP contribution in [0.1, 0.15) is 27.2 Å². The Balaban J connectivity index is 1.73. The van der Waals surface area contributed by atoms with Gasteiger partial charge >= 0.3 is 0 Å². The molecule has 1 aliphatic rings. The maximum Gasteiger partial charge on any atom is 0.266 e. The first kappa shape index (κ1) is 14.9. The van der Waals surface area contributed by atoms with Crippen molar-refractivity contribution in [1.29, 1.82) is 0 Å². The van der Waals surface area contributed by atoms with Gasteiger partial charge in [0.25, 0.3) is 5.91 Å². The number of nitrogens with zero attached hydrogens (tertiary/aromatic N) is 3. The van der Waals surface area contributed by atoms with Crippen molar-refractivity contribution in [3.63, 3.8) is 0 Å². The van der Waals surface area contributed by atoms with Crippen LogP contribution in [-0.4, -0.2) is 47.5 Å². The van der Waals surface area contributed by atoms with Gasteiger partial charge in [0.1, 0.15) is 11.0 Å². The van der Waals surface area contributed by atoms with Crippen molar-refractivity contribution < 1.29 is 9.53 Å². The number of aromatic nitrogens is 2. The molecule has 0 aromatic carbocycles. The van der Waals surface area contributed by atoms with E-state index >= 15 is 0 Å². The third-order valence-corrected chi connectivity index (χ3v) is 4.61. The van der Waals surface area contributed by atoms with Crippen LogP contribution < -0.4 is 5.32 Å². The highest BCUT2D eigenvalue weighted by atomic mass is 32.1. The molecule has 22 heavy (non-hydrogen) atoms. The minimum absolute atomic E-state index is 0.0279. The second kappa shape index (κ2) is 6.41. The Morgan fingerprint density at radius 1 is 1.45 bits per heavy atom. The van der Waals surface area contributed by atoms with Crippen LogP contribution in [0.3, 0.4) is 0 Å². The highest BCUT2D eigenvalue weighted by Crippen LogP contribution is 2.24. The molecule has 7 heteroatoms. The summed E-state index contributed by atoms with van der Waals surface area (Å²) in [5, 5.41) is 3.04. The third kappa shape index (κ3) is 2.95. The monoisotopic (exact) mass is 318 g/mol. The van der Waals surface area contributed by atoms with E-state index < -0.39 is 0 Å². The molecule has 0 spiro atoms. The standard InChI is InChI=1S/C15H18N4O2S/c1-10-14(22-9-18-10)15(20)19-5-6-21-13(8-19)12-4-3-11(16-2)7-17-12/h3-4,7,9,13,16H,5-6,8H2,1-2H3. The molecular weight excluding hydrogens is 300 g/mol. The van der Waals surface area contributed by atoms with Crippen molar-refractivity contribution in [2.24, 2.45) is 0 Å². The molecule has 1 saturated heterocycles. The van der Waals surface area contributed by atoms with Gasteiger partial charge in [-0.3, -0.25) is 9.78 Å². The number of amides is 1. The Morgan fingerprint density at radius 3 is 2.95 bits per heavy atom. The number of hydrogen-bond donors (Lipinski definition) is 1. The molecule has 1 N–H and O–H groups in total. The van der Waals surface area contributed by atoms with Crippen molar-refractivity contribution in [3.05, 3.63) is 40.1 Å². The van der Waals surface area contributed by atoms with Gasteiger partial charge in [0.05, 0.1) is 41.9 Å². The molecule has 0 bridgehead atoms. The molecule has 0 aliphatic carbocycles. The van der Waals surface area contributed by atoms with Crippen LogP contribution in [0.2, 0.25) is 0 Å². The summed E-state index contributed by atoms with van der Waals surface area (Å²) in [5.41, 5.74) is 4.29. The minimum atomic E-state index is -0.183. The molecule has 116 valence electrons. The number of ether oxygens (including phenoxy) is 1.